The maximum Gasteiger partial charge on any atom is 0.322 e. The highest BCUT2D eigenvalue weighted by atomic mass is 16.2. The van der Waals surface area contributed by atoms with Gasteiger partial charge in [0.1, 0.15) is 0 Å². The summed E-state index contributed by atoms with van der Waals surface area (Å²) < 4.78 is 0. The number of carbonyl (C=O) groups excluding carboxylic acids is 1. The molecule has 0 bridgehead atoms. The van der Waals surface area contributed by atoms with Gasteiger partial charge in [-0.25, -0.2) is 4.79 Å². The topological polar surface area (TPSA) is 65.2 Å². The molecule has 0 saturated heterocycles. The molecule has 0 aliphatic rings. The summed E-state index contributed by atoms with van der Waals surface area (Å²) in [7, 11) is 0. The van der Waals surface area contributed by atoms with Crippen LogP contribution >= 0.6 is 0 Å². The number of pyridine rings is 1. The molecule has 0 saturated carbocycles. The minimum Gasteiger partial charge on any atom is -0.322 e. The number of nitrogens with one attached hydrogen (secondary N) is 2. The Labute approximate surface area is 139 Å². The van der Waals surface area contributed by atoms with Gasteiger partial charge < -0.3 is 15.2 Å². The first-order valence-electron chi connectivity index (χ1n) is 7.89. The number of H-pyrrole nitrogens is 1. The molecule has 0 atom stereocenters. The molecule has 5 nitrogen and oxygen atoms in total. The molecule has 0 aliphatic carbocycles. The Morgan fingerprint density at radius 1 is 1.08 bits per heavy atom. The van der Waals surface area contributed by atoms with Gasteiger partial charge in [-0.1, -0.05) is 36.4 Å². The van der Waals surface area contributed by atoms with Crippen molar-refractivity contribution < 1.29 is 4.79 Å². The van der Waals surface area contributed by atoms with Crippen LogP contribution in [0.15, 0.2) is 65.5 Å². The number of hydrogen-bond donors (Lipinski definition) is 2. The molecular formula is C19H19N3O2. The van der Waals surface area contributed by atoms with Gasteiger partial charge in [-0.3, -0.25) is 4.79 Å². The predicted octanol–water partition coefficient (Wildman–Crippen LogP) is 3.58. The van der Waals surface area contributed by atoms with Crippen molar-refractivity contribution in [3.05, 3.63) is 76.6 Å². The van der Waals surface area contributed by atoms with Crippen LogP contribution in [-0.2, 0) is 6.54 Å². The summed E-state index contributed by atoms with van der Waals surface area (Å²) in [5.41, 5.74) is 2.19. The lowest BCUT2D eigenvalue weighted by Gasteiger charge is -2.22. The third-order valence-corrected chi connectivity index (χ3v) is 3.89. The highest BCUT2D eigenvalue weighted by Crippen LogP contribution is 2.17. The van der Waals surface area contributed by atoms with E-state index in [1.807, 2.05) is 61.5 Å². The number of benzene rings is 2. The molecule has 24 heavy (non-hydrogen) atoms. The zero-order chi connectivity index (χ0) is 16.9. The molecule has 0 aliphatic heterocycles. The quantitative estimate of drug-likeness (QED) is 0.771. The van der Waals surface area contributed by atoms with Crippen LogP contribution in [0.3, 0.4) is 0 Å². The van der Waals surface area contributed by atoms with Crippen molar-refractivity contribution >= 4 is 22.6 Å². The Bertz CT molecular complexity index is 903. The summed E-state index contributed by atoms with van der Waals surface area (Å²) in [5.74, 6) is 0. The molecular weight excluding hydrogens is 302 g/mol. The number of aromatic nitrogens is 1. The monoisotopic (exact) mass is 321 g/mol. The first kappa shape index (κ1) is 15.8. The minimum atomic E-state index is -0.187. The Balaban J connectivity index is 1.85. The molecule has 1 heterocycles. The van der Waals surface area contributed by atoms with Crippen LogP contribution < -0.4 is 10.9 Å². The minimum absolute atomic E-state index is 0.164. The number of rotatable bonds is 4. The molecule has 0 spiro atoms. The van der Waals surface area contributed by atoms with Gasteiger partial charge in [0.15, 0.2) is 0 Å². The second-order valence-corrected chi connectivity index (χ2v) is 5.51. The number of aromatic amines is 1. The van der Waals surface area contributed by atoms with Crippen LogP contribution in [0.4, 0.5) is 10.5 Å². The zero-order valence-corrected chi connectivity index (χ0v) is 13.5. The third-order valence-electron chi connectivity index (χ3n) is 3.89. The molecule has 2 N–H and O–H groups in total. The highest BCUT2D eigenvalue weighted by molar-refractivity contribution is 5.90. The number of amides is 2. The van der Waals surface area contributed by atoms with Gasteiger partial charge in [0.25, 0.3) is 0 Å². The van der Waals surface area contributed by atoms with E-state index in [-0.39, 0.29) is 11.6 Å². The van der Waals surface area contributed by atoms with Crippen LogP contribution in [0.25, 0.3) is 10.9 Å². The normalized spacial score (nSPS) is 10.5. The van der Waals surface area contributed by atoms with Gasteiger partial charge in [-0.2, -0.15) is 0 Å². The van der Waals surface area contributed by atoms with Gasteiger partial charge in [0.2, 0.25) is 5.56 Å². The van der Waals surface area contributed by atoms with Crippen LogP contribution in [-0.4, -0.2) is 22.5 Å². The largest absolute Gasteiger partial charge is 0.322 e. The molecule has 3 aromatic rings. The SMILES string of the molecule is CCN(Cc1cc(=O)[nH]c2ccccc12)C(=O)Nc1ccccc1. The van der Waals surface area contributed by atoms with E-state index >= 15 is 0 Å². The molecule has 5 heteroatoms. The maximum absolute atomic E-state index is 12.5. The van der Waals surface area contributed by atoms with E-state index in [1.165, 1.54) is 0 Å². The smallest absolute Gasteiger partial charge is 0.322 e. The van der Waals surface area contributed by atoms with E-state index in [9.17, 15) is 9.59 Å². The lowest BCUT2D eigenvalue weighted by molar-refractivity contribution is 0.212. The second-order valence-electron chi connectivity index (χ2n) is 5.51. The van der Waals surface area contributed by atoms with Gasteiger partial charge in [0.05, 0.1) is 0 Å². The number of hydrogen-bond acceptors (Lipinski definition) is 2. The number of nitrogens with zero attached hydrogens (tertiary/aromatic N) is 1. The molecule has 2 aromatic carbocycles. The van der Waals surface area contributed by atoms with Crippen molar-refractivity contribution in [3.8, 4) is 0 Å². The summed E-state index contributed by atoms with van der Waals surface area (Å²) >= 11 is 0. The molecule has 122 valence electrons. The Morgan fingerprint density at radius 2 is 1.79 bits per heavy atom. The van der Waals surface area contributed by atoms with Crippen LogP contribution in [0, 0.1) is 0 Å². The lowest BCUT2D eigenvalue weighted by atomic mass is 10.1. The van der Waals surface area contributed by atoms with E-state index in [4.69, 9.17) is 0 Å². The van der Waals surface area contributed by atoms with Gasteiger partial charge in [-0.15, -0.1) is 0 Å². The Hall–Kier alpha value is -3.08. The van der Waals surface area contributed by atoms with Crippen molar-refractivity contribution in [1.29, 1.82) is 0 Å². The number of fused-ring (bicyclic) bond motifs is 1. The highest BCUT2D eigenvalue weighted by Gasteiger charge is 2.14. The van der Waals surface area contributed by atoms with Crippen molar-refractivity contribution in [2.24, 2.45) is 0 Å². The Morgan fingerprint density at radius 3 is 2.54 bits per heavy atom. The van der Waals surface area contributed by atoms with E-state index in [0.29, 0.717) is 13.1 Å². The maximum atomic E-state index is 12.5. The average Bonchev–Trinajstić information content (AvgIpc) is 2.60. The number of anilines is 1. The van der Waals surface area contributed by atoms with E-state index in [0.717, 1.165) is 22.2 Å². The van der Waals surface area contributed by atoms with Crippen LogP contribution in [0.5, 0.6) is 0 Å². The predicted molar refractivity (Wildman–Crippen MR) is 96.1 cm³/mol. The number of urea groups is 1. The van der Waals surface area contributed by atoms with Crippen molar-refractivity contribution in [3.63, 3.8) is 0 Å². The number of carbonyl (C=O) groups is 1. The van der Waals surface area contributed by atoms with Gasteiger partial charge >= 0.3 is 6.03 Å². The molecule has 0 radical (unpaired) electrons. The van der Waals surface area contributed by atoms with E-state index in [1.54, 1.807) is 11.0 Å². The van der Waals surface area contributed by atoms with E-state index < -0.39 is 0 Å². The molecule has 0 fully saturated rings. The zero-order valence-electron chi connectivity index (χ0n) is 13.5. The average molecular weight is 321 g/mol. The van der Waals surface area contributed by atoms with Crippen LogP contribution in [0.2, 0.25) is 0 Å². The summed E-state index contributed by atoms with van der Waals surface area (Å²) in [5, 5.41) is 3.82. The summed E-state index contributed by atoms with van der Waals surface area (Å²) in [6, 6.07) is 18.3. The lowest BCUT2D eigenvalue weighted by Crippen LogP contribution is -2.34. The van der Waals surface area contributed by atoms with Crippen molar-refractivity contribution in [2.75, 3.05) is 11.9 Å². The third kappa shape index (κ3) is 3.46. The molecule has 2 amide bonds. The number of para-hydroxylation sites is 2. The molecule has 0 unspecified atom stereocenters. The van der Waals surface area contributed by atoms with Crippen LogP contribution in [0.1, 0.15) is 12.5 Å². The second kappa shape index (κ2) is 7.00. The fourth-order valence-electron chi connectivity index (χ4n) is 2.66. The summed E-state index contributed by atoms with van der Waals surface area (Å²) in [4.78, 5) is 28.8. The first-order chi connectivity index (χ1) is 11.7. The van der Waals surface area contributed by atoms with Crippen molar-refractivity contribution in [1.82, 2.24) is 9.88 Å². The first-order valence-corrected chi connectivity index (χ1v) is 7.89. The molecule has 1 aromatic heterocycles. The van der Waals surface area contributed by atoms with Gasteiger partial charge in [0, 0.05) is 35.7 Å². The van der Waals surface area contributed by atoms with E-state index in [2.05, 4.69) is 10.3 Å². The fraction of sp³-hybridized carbons (Fsp3) is 0.158. The fourth-order valence-corrected chi connectivity index (χ4v) is 2.66. The molecule has 3 rings (SSSR count). The Kier molecular flexibility index (Phi) is 4.61. The van der Waals surface area contributed by atoms with Gasteiger partial charge in [-0.05, 0) is 30.7 Å². The summed E-state index contributed by atoms with van der Waals surface area (Å²) in [6.45, 7) is 2.83. The summed E-state index contributed by atoms with van der Waals surface area (Å²) in [6.07, 6.45) is 0. The van der Waals surface area contributed by atoms with Crippen molar-refractivity contribution in [2.45, 2.75) is 13.5 Å². The standard InChI is InChI=1S/C19H19N3O2/c1-2-22(19(24)20-15-8-4-3-5-9-15)13-14-12-18(23)21-17-11-7-6-10-16(14)17/h3-12H,2,13H2,1H3,(H,20,24)(H,21,23).